The van der Waals surface area contributed by atoms with Gasteiger partial charge in [-0.1, -0.05) is 30.3 Å². The summed E-state index contributed by atoms with van der Waals surface area (Å²) in [4.78, 5) is 9.36. The van der Waals surface area contributed by atoms with E-state index < -0.39 is 11.6 Å². The fourth-order valence-corrected chi connectivity index (χ4v) is 5.83. The molecule has 2 aliphatic carbocycles. The van der Waals surface area contributed by atoms with E-state index in [1.54, 1.807) is 6.07 Å². The third kappa shape index (κ3) is 4.41. The van der Waals surface area contributed by atoms with Crippen molar-refractivity contribution >= 4 is 0 Å². The van der Waals surface area contributed by atoms with Crippen molar-refractivity contribution in [1.29, 1.82) is 5.26 Å². The largest absolute Gasteiger partial charge is 0.299 e. The molecule has 2 aromatic carbocycles. The highest BCUT2D eigenvalue weighted by Gasteiger charge is 2.32. The van der Waals surface area contributed by atoms with E-state index in [0.29, 0.717) is 17.8 Å². The van der Waals surface area contributed by atoms with Crippen LogP contribution in [0.5, 0.6) is 0 Å². The Hall–Kier alpha value is -3.83. The minimum Gasteiger partial charge on any atom is -0.299 e. The first-order valence-electron chi connectivity index (χ1n) is 13.4. The highest BCUT2D eigenvalue weighted by molar-refractivity contribution is 5.78. The van der Waals surface area contributed by atoms with Gasteiger partial charge in [-0.25, -0.2) is 13.8 Å². The van der Waals surface area contributed by atoms with Gasteiger partial charge in [0.05, 0.1) is 5.56 Å². The molecule has 0 spiro atoms. The van der Waals surface area contributed by atoms with Gasteiger partial charge in [0, 0.05) is 38.3 Å². The van der Waals surface area contributed by atoms with Gasteiger partial charge in [0.15, 0.2) is 17.5 Å². The maximum Gasteiger partial charge on any atom is 0.182 e. The normalized spacial score (nSPS) is 16.0. The molecule has 1 fully saturated rings. The maximum absolute atomic E-state index is 13.6. The highest BCUT2D eigenvalue weighted by Crippen LogP contribution is 2.40. The molecule has 0 amide bonds. The first-order valence-corrected chi connectivity index (χ1v) is 13.4. The molecule has 0 radical (unpaired) electrons. The lowest BCUT2D eigenvalue weighted by atomic mass is 9.94. The molecule has 0 unspecified atom stereocenters. The lowest BCUT2D eigenvalue weighted by Crippen LogP contribution is -2.52. The van der Waals surface area contributed by atoms with Crippen LogP contribution in [0.1, 0.15) is 40.7 Å². The topological polar surface area (TPSA) is 61.0 Å². The van der Waals surface area contributed by atoms with Gasteiger partial charge in [0.2, 0.25) is 0 Å². The Labute approximate surface area is 221 Å². The van der Waals surface area contributed by atoms with Crippen molar-refractivity contribution in [3.8, 4) is 28.8 Å². The van der Waals surface area contributed by atoms with Gasteiger partial charge in [-0.3, -0.25) is 9.91 Å². The van der Waals surface area contributed by atoms with Crippen LogP contribution in [0.15, 0.2) is 42.5 Å². The smallest absolute Gasteiger partial charge is 0.182 e. The molecule has 1 saturated heterocycles. The summed E-state index contributed by atoms with van der Waals surface area (Å²) >= 11 is 0. The molecule has 0 bridgehead atoms. The highest BCUT2D eigenvalue weighted by atomic mass is 19.2. The SMILES string of the molecule is Cc1ccccc1-c1nc2c(C#N)c3c(c-2n(N2CCN(CCc4ccc(F)c(F)c4)CC2)n1)CCCC3. The second kappa shape index (κ2) is 10.1. The van der Waals surface area contributed by atoms with Gasteiger partial charge < -0.3 is 0 Å². The van der Waals surface area contributed by atoms with Crippen LogP contribution in [-0.4, -0.2) is 52.5 Å². The maximum atomic E-state index is 13.6. The van der Waals surface area contributed by atoms with Crippen molar-refractivity contribution in [2.24, 2.45) is 0 Å². The quantitative estimate of drug-likeness (QED) is 0.381. The molecule has 8 heteroatoms. The molecule has 6 rings (SSSR count). The molecule has 4 aliphatic rings. The van der Waals surface area contributed by atoms with E-state index in [2.05, 4.69) is 29.0 Å². The van der Waals surface area contributed by atoms with Gasteiger partial charge >= 0.3 is 0 Å². The summed E-state index contributed by atoms with van der Waals surface area (Å²) in [5.41, 5.74) is 7.66. The molecule has 0 aromatic heterocycles. The van der Waals surface area contributed by atoms with Gasteiger partial charge in [0.1, 0.15) is 17.5 Å². The summed E-state index contributed by atoms with van der Waals surface area (Å²) in [5.74, 6) is -0.971. The Morgan fingerprint density at radius 3 is 2.45 bits per heavy atom. The summed E-state index contributed by atoms with van der Waals surface area (Å²) in [6, 6.07) is 14.7. The summed E-state index contributed by atoms with van der Waals surface area (Å²) in [7, 11) is 0. The molecular formula is C30H30F2N6. The first-order chi connectivity index (χ1) is 18.5. The fourth-order valence-electron chi connectivity index (χ4n) is 5.83. The molecule has 2 heterocycles. The Morgan fingerprint density at radius 2 is 1.71 bits per heavy atom. The minimum atomic E-state index is -0.810. The van der Waals surface area contributed by atoms with E-state index in [1.165, 1.54) is 17.7 Å². The summed E-state index contributed by atoms with van der Waals surface area (Å²) in [6.07, 6.45) is 4.71. The van der Waals surface area contributed by atoms with Crippen LogP contribution in [0, 0.1) is 29.9 Å². The van der Waals surface area contributed by atoms with Crippen LogP contribution in [0.25, 0.3) is 22.8 Å². The fraction of sp³-hybridized carbons (Fsp3) is 0.367. The lowest BCUT2D eigenvalue weighted by molar-refractivity contribution is 0.238. The number of halogens is 2. The number of rotatable bonds is 5. The summed E-state index contributed by atoms with van der Waals surface area (Å²) in [5, 5.41) is 17.5. The predicted molar refractivity (Wildman–Crippen MR) is 143 cm³/mol. The number of fused-ring (bicyclic) bond motifs is 3. The summed E-state index contributed by atoms with van der Waals surface area (Å²) < 4.78 is 26.9. The second-order valence-electron chi connectivity index (χ2n) is 10.3. The van der Waals surface area contributed by atoms with E-state index >= 15 is 0 Å². The zero-order valence-corrected chi connectivity index (χ0v) is 21.6. The number of piperazine rings is 1. The van der Waals surface area contributed by atoms with Crippen molar-refractivity contribution < 1.29 is 8.78 Å². The molecular weight excluding hydrogens is 482 g/mol. The first kappa shape index (κ1) is 24.5. The van der Waals surface area contributed by atoms with E-state index in [-0.39, 0.29) is 0 Å². The van der Waals surface area contributed by atoms with E-state index in [0.717, 1.165) is 92.0 Å². The predicted octanol–water partition coefficient (Wildman–Crippen LogP) is 4.88. The van der Waals surface area contributed by atoms with Crippen LogP contribution in [0.3, 0.4) is 0 Å². The number of hydrogen-bond acceptors (Lipinski definition) is 5. The van der Waals surface area contributed by atoms with Gasteiger partial charge in [0.25, 0.3) is 0 Å². The number of hydrogen-bond donors (Lipinski definition) is 0. The molecule has 2 aromatic rings. The number of nitrogens with zero attached hydrogens (tertiary/aromatic N) is 6. The Morgan fingerprint density at radius 1 is 0.947 bits per heavy atom. The Bertz CT molecular complexity index is 1500. The number of nitriles is 1. The zero-order valence-electron chi connectivity index (χ0n) is 21.6. The molecule has 6 nitrogen and oxygen atoms in total. The van der Waals surface area contributed by atoms with Crippen molar-refractivity contribution in [2.75, 3.05) is 37.7 Å². The molecule has 194 valence electrons. The van der Waals surface area contributed by atoms with Gasteiger partial charge in [-0.05, 0) is 73.4 Å². The summed E-state index contributed by atoms with van der Waals surface area (Å²) in [6.45, 7) is 6.03. The third-order valence-corrected chi connectivity index (χ3v) is 7.94. The zero-order chi connectivity index (χ0) is 26.2. The molecule has 0 N–H and O–H groups in total. The van der Waals surface area contributed by atoms with E-state index in [1.807, 2.05) is 23.0 Å². The molecule has 38 heavy (non-hydrogen) atoms. The van der Waals surface area contributed by atoms with Gasteiger partial charge in [-0.2, -0.15) is 10.1 Å². The minimum absolute atomic E-state index is 0.634. The Kier molecular flexibility index (Phi) is 6.54. The molecule has 2 aliphatic heterocycles. The van der Waals surface area contributed by atoms with Crippen LogP contribution >= 0.6 is 0 Å². The Balaban J connectivity index is 1.31. The van der Waals surface area contributed by atoms with Gasteiger partial charge in [-0.15, -0.1) is 5.10 Å². The van der Waals surface area contributed by atoms with Crippen molar-refractivity contribution in [3.63, 3.8) is 0 Å². The molecule has 0 atom stereocenters. The third-order valence-electron chi connectivity index (χ3n) is 7.94. The lowest BCUT2D eigenvalue weighted by Gasteiger charge is -2.37. The average Bonchev–Trinajstić information content (AvgIpc) is 3.27. The van der Waals surface area contributed by atoms with Crippen LogP contribution < -0.4 is 5.01 Å². The van der Waals surface area contributed by atoms with E-state index in [9.17, 15) is 14.0 Å². The average molecular weight is 513 g/mol. The second-order valence-corrected chi connectivity index (χ2v) is 10.3. The van der Waals surface area contributed by atoms with Crippen molar-refractivity contribution in [1.82, 2.24) is 19.8 Å². The van der Waals surface area contributed by atoms with Crippen molar-refractivity contribution in [2.45, 2.75) is 39.0 Å². The number of aromatic nitrogens is 3. The van der Waals surface area contributed by atoms with Crippen molar-refractivity contribution in [3.05, 3.63) is 81.9 Å². The van der Waals surface area contributed by atoms with Crippen LogP contribution in [0.2, 0.25) is 0 Å². The van der Waals surface area contributed by atoms with Crippen LogP contribution in [0.4, 0.5) is 8.78 Å². The molecule has 0 saturated carbocycles. The monoisotopic (exact) mass is 512 g/mol. The standard InChI is InChI=1S/C30H30F2N6/c1-20-6-2-3-7-22(20)30-34-28-25(19-33)23-8-4-5-9-24(23)29(28)38(35-30)37-16-14-36(15-17-37)13-12-21-10-11-26(31)27(32)18-21/h2-3,6-7,10-11,18H,4-5,8-9,12-17H2,1H3. The number of aryl methyl sites for hydroxylation is 1. The van der Waals surface area contributed by atoms with Crippen LogP contribution in [-0.2, 0) is 19.3 Å². The van der Waals surface area contributed by atoms with E-state index in [4.69, 9.17) is 10.1 Å². The number of benzene rings is 2.